The van der Waals surface area contributed by atoms with E-state index in [1.54, 1.807) is 0 Å². The van der Waals surface area contributed by atoms with Gasteiger partial charge in [0.05, 0.1) is 0 Å². The van der Waals surface area contributed by atoms with E-state index in [-0.39, 0.29) is 0 Å². The molecule has 2 aromatic rings. The Morgan fingerprint density at radius 3 is 2.59 bits per heavy atom. The van der Waals surface area contributed by atoms with E-state index in [9.17, 15) is 0 Å². The number of nitrogens with one attached hydrogen (secondary N) is 1. The Bertz CT molecular complexity index is 651. The fourth-order valence-corrected chi connectivity index (χ4v) is 2.75. The van der Waals surface area contributed by atoms with E-state index >= 15 is 0 Å². The third-order valence-electron chi connectivity index (χ3n) is 3.85. The van der Waals surface area contributed by atoms with Crippen LogP contribution >= 0.6 is 11.6 Å². The summed E-state index contributed by atoms with van der Waals surface area (Å²) >= 11 is 6.11. The molecule has 1 aromatic carbocycles. The molecule has 0 spiro atoms. The molecular weight excluding hydrogens is 296 g/mol. The number of aromatic nitrogens is 2. The van der Waals surface area contributed by atoms with Crippen LogP contribution in [0.4, 0.5) is 5.82 Å². The average Bonchev–Trinajstić information content (AvgIpc) is 2.55. The van der Waals surface area contributed by atoms with E-state index in [1.165, 1.54) is 0 Å². The molecule has 22 heavy (non-hydrogen) atoms. The van der Waals surface area contributed by atoms with Crippen molar-refractivity contribution < 1.29 is 0 Å². The molecule has 0 bridgehead atoms. The third-order valence-corrected chi connectivity index (χ3v) is 4.08. The molecule has 4 nitrogen and oxygen atoms in total. The molecular formula is C17H21ClN4. The van der Waals surface area contributed by atoms with Crippen LogP contribution in [0, 0.1) is 0 Å². The maximum atomic E-state index is 6.11. The zero-order chi connectivity index (χ0) is 15.5. The number of halogens is 1. The largest absolute Gasteiger partial charge is 0.354 e. The van der Waals surface area contributed by atoms with Gasteiger partial charge in [-0.1, -0.05) is 37.6 Å². The molecule has 1 aromatic heterocycles. The molecule has 2 heterocycles. The molecule has 116 valence electrons. The van der Waals surface area contributed by atoms with Crippen LogP contribution in [-0.2, 0) is 0 Å². The molecule has 0 atom stereocenters. The predicted molar refractivity (Wildman–Crippen MR) is 91.6 cm³/mol. The first-order valence-corrected chi connectivity index (χ1v) is 8.12. The van der Waals surface area contributed by atoms with Gasteiger partial charge in [0.1, 0.15) is 5.82 Å². The van der Waals surface area contributed by atoms with Gasteiger partial charge in [-0.15, -0.1) is 0 Å². The molecule has 3 rings (SSSR count). The van der Waals surface area contributed by atoms with Gasteiger partial charge in [0, 0.05) is 48.5 Å². The summed E-state index contributed by atoms with van der Waals surface area (Å²) in [5.74, 6) is 2.13. The highest BCUT2D eigenvalue weighted by Gasteiger charge is 2.16. The Labute approximate surface area is 136 Å². The Morgan fingerprint density at radius 2 is 1.91 bits per heavy atom. The van der Waals surface area contributed by atoms with E-state index in [0.717, 1.165) is 49.1 Å². The van der Waals surface area contributed by atoms with Crippen LogP contribution in [-0.4, -0.2) is 36.1 Å². The highest BCUT2D eigenvalue weighted by Crippen LogP contribution is 2.25. The number of rotatable bonds is 3. The van der Waals surface area contributed by atoms with E-state index in [0.29, 0.717) is 10.9 Å². The van der Waals surface area contributed by atoms with Crippen LogP contribution in [0.2, 0.25) is 5.02 Å². The Morgan fingerprint density at radius 1 is 1.14 bits per heavy atom. The number of benzene rings is 1. The molecule has 1 N–H and O–H groups in total. The Balaban J connectivity index is 2.03. The fraction of sp³-hybridized carbons (Fsp3) is 0.412. The molecule has 5 heteroatoms. The van der Waals surface area contributed by atoms with Gasteiger partial charge in [0.2, 0.25) is 0 Å². The minimum atomic E-state index is 0.364. The Hall–Kier alpha value is -1.65. The first-order valence-electron chi connectivity index (χ1n) is 7.74. The van der Waals surface area contributed by atoms with Crippen molar-refractivity contribution in [3.63, 3.8) is 0 Å². The second kappa shape index (κ2) is 6.63. The number of piperazine rings is 1. The smallest absolute Gasteiger partial charge is 0.161 e. The number of nitrogens with zero attached hydrogens (tertiary/aromatic N) is 3. The molecule has 0 unspecified atom stereocenters. The van der Waals surface area contributed by atoms with Crippen molar-refractivity contribution in [2.75, 3.05) is 31.1 Å². The lowest BCUT2D eigenvalue weighted by molar-refractivity contribution is 0.584. The average molecular weight is 317 g/mol. The zero-order valence-electron chi connectivity index (χ0n) is 13.0. The van der Waals surface area contributed by atoms with Crippen molar-refractivity contribution in [3.05, 3.63) is 41.0 Å². The van der Waals surface area contributed by atoms with Crippen molar-refractivity contribution >= 4 is 17.4 Å². The maximum absolute atomic E-state index is 6.11. The van der Waals surface area contributed by atoms with Crippen LogP contribution < -0.4 is 10.2 Å². The topological polar surface area (TPSA) is 41.0 Å². The highest BCUT2D eigenvalue weighted by molar-refractivity contribution is 6.30. The molecule has 1 aliphatic heterocycles. The Kier molecular flexibility index (Phi) is 4.60. The van der Waals surface area contributed by atoms with Crippen LogP contribution in [0.25, 0.3) is 11.4 Å². The van der Waals surface area contributed by atoms with Gasteiger partial charge in [-0.2, -0.15) is 0 Å². The number of hydrogen-bond donors (Lipinski definition) is 1. The van der Waals surface area contributed by atoms with Gasteiger partial charge in [0.15, 0.2) is 5.82 Å². The van der Waals surface area contributed by atoms with E-state index in [1.807, 2.05) is 24.3 Å². The fourth-order valence-electron chi connectivity index (χ4n) is 2.56. The second-order valence-electron chi connectivity index (χ2n) is 5.88. The van der Waals surface area contributed by atoms with Crippen molar-refractivity contribution in [3.8, 4) is 11.4 Å². The molecule has 0 radical (unpaired) electrons. The van der Waals surface area contributed by atoms with Crippen LogP contribution in [0.3, 0.4) is 0 Å². The summed E-state index contributed by atoms with van der Waals surface area (Å²) < 4.78 is 0. The monoisotopic (exact) mass is 316 g/mol. The van der Waals surface area contributed by atoms with Gasteiger partial charge in [-0.3, -0.25) is 0 Å². The number of anilines is 1. The maximum Gasteiger partial charge on any atom is 0.161 e. The summed E-state index contributed by atoms with van der Waals surface area (Å²) in [6.45, 7) is 8.26. The van der Waals surface area contributed by atoms with Gasteiger partial charge in [0.25, 0.3) is 0 Å². The summed E-state index contributed by atoms with van der Waals surface area (Å²) in [5.41, 5.74) is 2.03. The molecule has 0 saturated carbocycles. The molecule has 0 aliphatic carbocycles. The number of hydrogen-bond acceptors (Lipinski definition) is 4. The summed E-state index contributed by atoms with van der Waals surface area (Å²) in [7, 11) is 0. The third kappa shape index (κ3) is 3.39. The van der Waals surface area contributed by atoms with Gasteiger partial charge in [-0.05, 0) is 18.1 Å². The van der Waals surface area contributed by atoms with E-state index in [2.05, 4.69) is 30.1 Å². The summed E-state index contributed by atoms with van der Waals surface area (Å²) in [6.07, 6.45) is 0. The van der Waals surface area contributed by atoms with Crippen LogP contribution in [0.15, 0.2) is 30.3 Å². The lowest BCUT2D eigenvalue weighted by Crippen LogP contribution is -2.44. The van der Waals surface area contributed by atoms with Crippen molar-refractivity contribution in [1.82, 2.24) is 15.3 Å². The summed E-state index contributed by atoms with van der Waals surface area (Å²) in [4.78, 5) is 11.8. The summed E-state index contributed by atoms with van der Waals surface area (Å²) in [6, 6.07) is 9.85. The first-order chi connectivity index (χ1) is 10.6. The normalized spacial score (nSPS) is 15.4. The predicted octanol–water partition coefficient (Wildman–Crippen LogP) is 3.33. The second-order valence-corrected chi connectivity index (χ2v) is 6.31. The molecule has 0 amide bonds. The quantitative estimate of drug-likeness (QED) is 0.943. The van der Waals surface area contributed by atoms with Gasteiger partial charge < -0.3 is 10.2 Å². The first kappa shape index (κ1) is 15.3. The van der Waals surface area contributed by atoms with Crippen molar-refractivity contribution in [2.45, 2.75) is 19.8 Å². The summed E-state index contributed by atoms with van der Waals surface area (Å²) in [5, 5.41) is 4.08. The standard InChI is InChI=1S/C17H21ClN4/c1-12(2)15-11-16(22-8-6-19-7-9-22)21-17(20-15)13-4-3-5-14(18)10-13/h3-5,10-12,19H,6-9H2,1-2H3. The SMILES string of the molecule is CC(C)c1cc(N2CCNCC2)nc(-c2cccc(Cl)c2)n1. The minimum Gasteiger partial charge on any atom is -0.354 e. The van der Waals surface area contributed by atoms with Crippen molar-refractivity contribution in [2.24, 2.45) is 0 Å². The van der Waals surface area contributed by atoms with Crippen molar-refractivity contribution in [1.29, 1.82) is 0 Å². The van der Waals surface area contributed by atoms with Crippen LogP contribution in [0.5, 0.6) is 0 Å². The van der Waals surface area contributed by atoms with Crippen LogP contribution in [0.1, 0.15) is 25.5 Å². The van der Waals surface area contributed by atoms with E-state index < -0.39 is 0 Å². The molecule has 1 saturated heterocycles. The van der Waals surface area contributed by atoms with E-state index in [4.69, 9.17) is 21.6 Å². The molecule has 1 fully saturated rings. The zero-order valence-corrected chi connectivity index (χ0v) is 13.8. The van der Waals surface area contributed by atoms with Gasteiger partial charge >= 0.3 is 0 Å². The minimum absolute atomic E-state index is 0.364. The highest BCUT2D eigenvalue weighted by atomic mass is 35.5. The van der Waals surface area contributed by atoms with Gasteiger partial charge in [-0.25, -0.2) is 9.97 Å². The lowest BCUT2D eigenvalue weighted by Gasteiger charge is -2.29. The lowest BCUT2D eigenvalue weighted by atomic mass is 10.1. The molecule has 1 aliphatic rings.